The van der Waals surface area contributed by atoms with E-state index in [1.165, 1.54) is 0 Å². The Hall–Kier alpha value is -1.48. The van der Waals surface area contributed by atoms with Crippen LogP contribution >= 0.6 is 0 Å². The first-order valence-electron chi connectivity index (χ1n) is 8.40. The van der Waals surface area contributed by atoms with Gasteiger partial charge in [0.15, 0.2) is 0 Å². The number of hydrogen-bond donors (Lipinski definition) is 2. The Morgan fingerprint density at radius 2 is 1.88 bits per heavy atom. The third-order valence-electron chi connectivity index (χ3n) is 4.71. The molecule has 0 spiro atoms. The zero-order valence-corrected chi connectivity index (χ0v) is 15.6. The average Bonchev–Trinajstić information content (AvgIpc) is 2.61. The molecule has 0 aromatic heterocycles. The lowest BCUT2D eigenvalue weighted by Gasteiger charge is -2.37. The molecular formula is C17H27N3O4S. The Morgan fingerprint density at radius 3 is 2.44 bits per heavy atom. The number of likely N-dealkylation sites (N-methyl/N-ethyl adjacent to an activating group) is 1. The van der Waals surface area contributed by atoms with Gasteiger partial charge in [-0.25, -0.2) is 13.1 Å². The summed E-state index contributed by atoms with van der Waals surface area (Å²) < 4.78 is 32.4. The van der Waals surface area contributed by atoms with Crippen LogP contribution in [0.25, 0.3) is 0 Å². The molecule has 0 radical (unpaired) electrons. The maximum atomic E-state index is 12.7. The summed E-state index contributed by atoms with van der Waals surface area (Å²) in [5.41, 5.74) is 6.25. The molecule has 7 nitrogen and oxygen atoms in total. The number of carbonyl (C=O) groups is 1. The first-order chi connectivity index (χ1) is 11.8. The summed E-state index contributed by atoms with van der Waals surface area (Å²) in [5.74, 6) is -0.0483. The number of nitrogens with one attached hydrogen (secondary N) is 1. The average molecular weight is 369 g/mol. The predicted molar refractivity (Wildman–Crippen MR) is 95.5 cm³/mol. The van der Waals surface area contributed by atoms with Gasteiger partial charge in [-0.2, -0.15) is 0 Å². The van der Waals surface area contributed by atoms with Gasteiger partial charge in [0.05, 0.1) is 10.3 Å². The van der Waals surface area contributed by atoms with E-state index in [4.69, 9.17) is 10.5 Å². The molecule has 1 aliphatic heterocycles. The summed E-state index contributed by atoms with van der Waals surface area (Å²) >= 11 is 0. The third kappa shape index (κ3) is 4.78. The first-order valence-corrected chi connectivity index (χ1v) is 9.89. The van der Waals surface area contributed by atoms with E-state index in [-0.39, 0.29) is 30.4 Å². The minimum Gasteiger partial charge on any atom is -0.381 e. The number of amides is 1. The summed E-state index contributed by atoms with van der Waals surface area (Å²) in [4.78, 5) is 14.5. The molecule has 8 heteroatoms. The lowest BCUT2D eigenvalue weighted by atomic mass is 9.79. The summed E-state index contributed by atoms with van der Waals surface area (Å²) in [6.45, 7) is 3.65. The van der Waals surface area contributed by atoms with Crippen molar-refractivity contribution >= 4 is 15.9 Å². The number of ether oxygens (including phenoxy) is 1. The second kappa shape index (κ2) is 8.27. The minimum atomic E-state index is -3.58. The van der Waals surface area contributed by atoms with Crippen molar-refractivity contribution in [2.75, 3.05) is 39.9 Å². The highest BCUT2D eigenvalue weighted by atomic mass is 32.2. The molecule has 0 aliphatic carbocycles. The lowest BCUT2D eigenvalue weighted by Crippen LogP contribution is -2.51. The summed E-state index contributed by atoms with van der Waals surface area (Å²) in [6, 6.07) is 6.64. The SMILES string of the molecule is Cc1ccc(S(=O)(=O)NCCN(C)C(=O)C2(CN)CCOCC2)cc1. The van der Waals surface area contributed by atoms with Crippen LogP contribution in [0.3, 0.4) is 0 Å². The fraction of sp³-hybridized carbons (Fsp3) is 0.588. The van der Waals surface area contributed by atoms with Crippen molar-refractivity contribution in [2.24, 2.45) is 11.1 Å². The molecule has 1 aromatic rings. The molecular weight excluding hydrogens is 342 g/mol. The van der Waals surface area contributed by atoms with Gasteiger partial charge in [-0.05, 0) is 31.9 Å². The number of nitrogens with zero attached hydrogens (tertiary/aromatic N) is 1. The van der Waals surface area contributed by atoms with Gasteiger partial charge in [0.1, 0.15) is 0 Å². The van der Waals surface area contributed by atoms with E-state index < -0.39 is 15.4 Å². The van der Waals surface area contributed by atoms with E-state index in [0.29, 0.717) is 26.1 Å². The van der Waals surface area contributed by atoms with Crippen LogP contribution in [0.2, 0.25) is 0 Å². The number of benzene rings is 1. The summed E-state index contributed by atoms with van der Waals surface area (Å²) in [5, 5.41) is 0. The van der Waals surface area contributed by atoms with Gasteiger partial charge >= 0.3 is 0 Å². The first kappa shape index (κ1) is 19.8. The van der Waals surface area contributed by atoms with E-state index in [0.717, 1.165) is 5.56 Å². The molecule has 0 unspecified atom stereocenters. The molecule has 1 saturated heterocycles. The van der Waals surface area contributed by atoms with Crippen LogP contribution in [0, 0.1) is 12.3 Å². The molecule has 1 aliphatic rings. The van der Waals surface area contributed by atoms with Crippen molar-refractivity contribution in [1.82, 2.24) is 9.62 Å². The Kier molecular flexibility index (Phi) is 6.56. The highest BCUT2D eigenvalue weighted by Crippen LogP contribution is 2.31. The fourth-order valence-corrected chi connectivity index (χ4v) is 3.94. The van der Waals surface area contributed by atoms with Gasteiger partial charge in [-0.1, -0.05) is 17.7 Å². The molecule has 1 heterocycles. The Labute approximate surface area is 149 Å². The van der Waals surface area contributed by atoms with Gasteiger partial charge in [0, 0.05) is 39.9 Å². The van der Waals surface area contributed by atoms with E-state index in [2.05, 4.69) is 4.72 Å². The van der Waals surface area contributed by atoms with Crippen molar-refractivity contribution in [3.63, 3.8) is 0 Å². The lowest BCUT2D eigenvalue weighted by molar-refractivity contribution is -0.145. The standard InChI is InChI=1S/C17H27N3O4S/c1-14-3-5-15(6-4-14)25(22,23)19-9-10-20(2)16(21)17(13-18)7-11-24-12-8-17/h3-6,19H,7-13,18H2,1-2H3. The van der Waals surface area contributed by atoms with Crippen LogP contribution in [0.5, 0.6) is 0 Å². The molecule has 3 N–H and O–H groups in total. The van der Waals surface area contributed by atoms with Gasteiger partial charge in [-0.15, -0.1) is 0 Å². The second-order valence-corrected chi connectivity index (χ2v) is 8.30. The van der Waals surface area contributed by atoms with Crippen LogP contribution in [0.4, 0.5) is 0 Å². The monoisotopic (exact) mass is 369 g/mol. The molecule has 0 saturated carbocycles. The van der Waals surface area contributed by atoms with Gasteiger partial charge in [-0.3, -0.25) is 4.79 Å². The predicted octanol–water partition coefficient (Wildman–Crippen LogP) is 0.487. The smallest absolute Gasteiger partial charge is 0.240 e. The Bertz CT molecular complexity index is 682. The molecule has 2 rings (SSSR count). The summed E-state index contributed by atoms with van der Waals surface area (Å²) in [7, 11) is -1.90. The van der Waals surface area contributed by atoms with Gasteiger partial charge in [0.25, 0.3) is 0 Å². The fourth-order valence-electron chi connectivity index (χ4n) is 2.92. The van der Waals surface area contributed by atoms with Crippen LogP contribution < -0.4 is 10.5 Å². The second-order valence-electron chi connectivity index (χ2n) is 6.53. The van der Waals surface area contributed by atoms with Crippen LogP contribution in [0.15, 0.2) is 29.2 Å². The molecule has 0 atom stereocenters. The topological polar surface area (TPSA) is 102 Å². The molecule has 1 fully saturated rings. The van der Waals surface area contributed by atoms with E-state index in [1.807, 2.05) is 6.92 Å². The molecule has 25 heavy (non-hydrogen) atoms. The quantitative estimate of drug-likeness (QED) is 0.728. The van der Waals surface area contributed by atoms with Crippen LogP contribution in [-0.2, 0) is 19.6 Å². The summed E-state index contributed by atoms with van der Waals surface area (Å²) in [6.07, 6.45) is 1.20. The van der Waals surface area contributed by atoms with E-state index in [1.54, 1.807) is 36.2 Å². The highest BCUT2D eigenvalue weighted by molar-refractivity contribution is 7.89. The van der Waals surface area contributed by atoms with Crippen molar-refractivity contribution in [3.05, 3.63) is 29.8 Å². The largest absolute Gasteiger partial charge is 0.381 e. The molecule has 1 amide bonds. The van der Waals surface area contributed by atoms with E-state index >= 15 is 0 Å². The molecule has 1 aromatic carbocycles. The molecule has 140 valence electrons. The van der Waals surface area contributed by atoms with Crippen molar-refractivity contribution in [2.45, 2.75) is 24.7 Å². The third-order valence-corrected chi connectivity index (χ3v) is 6.19. The van der Waals surface area contributed by atoms with Crippen molar-refractivity contribution in [1.29, 1.82) is 0 Å². The van der Waals surface area contributed by atoms with Gasteiger partial charge < -0.3 is 15.4 Å². The van der Waals surface area contributed by atoms with Crippen LogP contribution in [-0.4, -0.2) is 59.1 Å². The number of aryl methyl sites for hydroxylation is 1. The zero-order valence-electron chi connectivity index (χ0n) is 14.8. The maximum absolute atomic E-state index is 12.7. The van der Waals surface area contributed by atoms with Crippen LogP contribution in [0.1, 0.15) is 18.4 Å². The normalized spacial score (nSPS) is 17.2. The number of rotatable bonds is 7. The number of carbonyl (C=O) groups excluding carboxylic acids is 1. The number of sulfonamides is 1. The molecule has 0 bridgehead atoms. The number of hydrogen-bond acceptors (Lipinski definition) is 5. The maximum Gasteiger partial charge on any atom is 0.240 e. The Morgan fingerprint density at radius 1 is 1.28 bits per heavy atom. The van der Waals surface area contributed by atoms with Crippen molar-refractivity contribution in [3.8, 4) is 0 Å². The minimum absolute atomic E-state index is 0.0483. The number of nitrogens with two attached hydrogens (primary N) is 1. The van der Waals surface area contributed by atoms with Gasteiger partial charge in [0.2, 0.25) is 15.9 Å². The van der Waals surface area contributed by atoms with E-state index in [9.17, 15) is 13.2 Å². The zero-order chi connectivity index (χ0) is 18.5. The Balaban J connectivity index is 1.92. The highest BCUT2D eigenvalue weighted by Gasteiger charge is 2.40. The van der Waals surface area contributed by atoms with Crippen molar-refractivity contribution < 1.29 is 17.9 Å².